The van der Waals surface area contributed by atoms with E-state index in [9.17, 15) is 24.3 Å². The molecule has 1 aromatic rings. The number of carbonyl (C=O) groups excluding carboxylic acids is 3. The fourth-order valence-corrected chi connectivity index (χ4v) is 3.95. The summed E-state index contributed by atoms with van der Waals surface area (Å²) in [6, 6.07) is 5.79. The number of urea groups is 1. The number of nitrogens with one attached hydrogen (secondary N) is 1. The first-order chi connectivity index (χ1) is 14.3. The molecule has 0 aromatic heterocycles. The number of carboxylic acids is 1. The predicted octanol–water partition coefficient (Wildman–Crippen LogP) is 0.886. The summed E-state index contributed by atoms with van der Waals surface area (Å²) in [6.45, 7) is 2.04. The number of imide groups is 1. The van der Waals surface area contributed by atoms with E-state index in [1.807, 2.05) is 24.3 Å². The molecule has 30 heavy (non-hydrogen) atoms. The minimum atomic E-state index is -1.33. The third kappa shape index (κ3) is 4.62. The van der Waals surface area contributed by atoms with Crippen molar-refractivity contribution in [3.8, 4) is 0 Å². The van der Waals surface area contributed by atoms with Gasteiger partial charge >= 0.3 is 12.0 Å². The molecule has 0 bridgehead atoms. The molecule has 3 N–H and O–H groups in total. The summed E-state index contributed by atoms with van der Waals surface area (Å²) in [6.07, 6.45) is 1.13. The van der Waals surface area contributed by atoms with Crippen LogP contribution in [-0.4, -0.2) is 68.6 Å². The van der Waals surface area contributed by atoms with E-state index in [0.29, 0.717) is 38.8 Å². The third-order valence-electron chi connectivity index (χ3n) is 5.63. The van der Waals surface area contributed by atoms with Gasteiger partial charge in [-0.05, 0) is 30.9 Å². The summed E-state index contributed by atoms with van der Waals surface area (Å²) in [5.41, 5.74) is 2.17. The molecule has 162 valence electrons. The van der Waals surface area contributed by atoms with E-state index in [-0.39, 0.29) is 18.4 Å². The third-order valence-corrected chi connectivity index (χ3v) is 5.63. The molecule has 2 aliphatic rings. The number of amides is 4. The number of unbranched alkanes of at least 4 members (excludes halogenated alkanes) is 2. The average molecular weight is 417 g/mol. The zero-order valence-corrected chi connectivity index (χ0v) is 16.9. The van der Waals surface area contributed by atoms with Gasteiger partial charge in [0.1, 0.15) is 6.04 Å². The molecular weight excluding hydrogens is 390 g/mol. The number of fused-ring (bicyclic) bond motifs is 2. The lowest BCUT2D eigenvalue weighted by molar-refractivity contribution is -0.144. The van der Waals surface area contributed by atoms with E-state index < -0.39 is 30.1 Å². The van der Waals surface area contributed by atoms with Gasteiger partial charge in [0, 0.05) is 25.9 Å². The second-order valence-corrected chi connectivity index (χ2v) is 7.82. The lowest BCUT2D eigenvalue weighted by atomic mass is 9.95. The Labute approximate surface area is 174 Å². The maximum absolute atomic E-state index is 12.7. The molecule has 0 saturated carbocycles. The highest BCUT2D eigenvalue weighted by Crippen LogP contribution is 2.30. The van der Waals surface area contributed by atoms with E-state index in [1.54, 1.807) is 4.90 Å². The number of rotatable bonds is 9. The Balaban J connectivity index is 1.43. The number of carboxylic acid groups (broad SMARTS) is 1. The molecule has 9 heteroatoms. The van der Waals surface area contributed by atoms with Crippen molar-refractivity contribution in [3.63, 3.8) is 0 Å². The van der Waals surface area contributed by atoms with Crippen molar-refractivity contribution in [2.45, 2.75) is 63.8 Å². The van der Waals surface area contributed by atoms with E-state index in [0.717, 1.165) is 11.1 Å². The molecular formula is C21H27N3O6. The van der Waals surface area contributed by atoms with Crippen LogP contribution in [0.15, 0.2) is 24.3 Å². The maximum atomic E-state index is 12.7. The van der Waals surface area contributed by atoms with Crippen LogP contribution in [0.25, 0.3) is 0 Å². The first-order valence-corrected chi connectivity index (χ1v) is 10.2. The van der Waals surface area contributed by atoms with Crippen molar-refractivity contribution < 1.29 is 29.4 Å². The van der Waals surface area contributed by atoms with E-state index in [2.05, 4.69) is 5.32 Å². The van der Waals surface area contributed by atoms with Crippen LogP contribution in [0, 0.1) is 0 Å². The number of aliphatic hydroxyl groups is 1. The molecule has 2 aliphatic heterocycles. The van der Waals surface area contributed by atoms with Crippen molar-refractivity contribution >= 4 is 23.8 Å². The van der Waals surface area contributed by atoms with Crippen molar-refractivity contribution in [2.75, 3.05) is 6.54 Å². The van der Waals surface area contributed by atoms with Crippen LogP contribution in [-0.2, 0) is 27.3 Å². The molecule has 3 rings (SSSR count). The number of nitrogens with zero attached hydrogens (tertiary/aromatic N) is 2. The van der Waals surface area contributed by atoms with E-state index in [1.165, 1.54) is 11.8 Å². The van der Waals surface area contributed by atoms with Gasteiger partial charge in [-0.3, -0.25) is 14.5 Å². The highest BCUT2D eigenvalue weighted by atomic mass is 16.4. The molecule has 0 radical (unpaired) electrons. The van der Waals surface area contributed by atoms with Gasteiger partial charge in [0.2, 0.25) is 5.91 Å². The molecule has 0 spiro atoms. The second kappa shape index (κ2) is 9.25. The molecule has 0 aliphatic carbocycles. The Morgan fingerprint density at radius 2 is 1.87 bits per heavy atom. The van der Waals surface area contributed by atoms with Crippen LogP contribution in [0.5, 0.6) is 0 Å². The number of benzene rings is 1. The molecule has 1 aromatic carbocycles. The fourth-order valence-electron chi connectivity index (χ4n) is 3.95. The number of aliphatic carboxylic acids is 1. The second-order valence-electron chi connectivity index (χ2n) is 7.82. The Morgan fingerprint density at radius 1 is 1.17 bits per heavy atom. The Bertz CT molecular complexity index is 797. The summed E-state index contributed by atoms with van der Waals surface area (Å²) in [4.78, 5) is 51.1. The molecule has 1 saturated heterocycles. The zero-order chi connectivity index (χ0) is 21.8. The molecule has 1 fully saturated rings. The van der Waals surface area contributed by atoms with Crippen LogP contribution < -0.4 is 5.32 Å². The van der Waals surface area contributed by atoms with Crippen LogP contribution in [0.4, 0.5) is 4.79 Å². The summed E-state index contributed by atoms with van der Waals surface area (Å²) in [5, 5.41) is 20.6. The lowest BCUT2D eigenvalue weighted by Gasteiger charge is -2.28. The molecule has 9 nitrogen and oxygen atoms in total. The number of hydrogen-bond donors (Lipinski definition) is 3. The van der Waals surface area contributed by atoms with Gasteiger partial charge in [-0.15, -0.1) is 0 Å². The Kier molecular flexibility index (Phi) is 6.71. The predicted molar refractivity (Wildman–Crippen MR) is 106 cm³/mol. The van der Waals surface area contributed by atoms with Gasteiger partial charge in [-0.25, -0.2) is 9.59 Å². The first-order valence-electron chi connectivity index (χ1n) is 10.2. The zero-order valence-electron chi connectivity index (χ0n) is 16.9. The number of aliphatic hydroxyl groups excluding tert-OH is 1. The summed E-state index contributed by atoms with van der Waals surface area (Å²) in [7, 11) is 0. The standard InChI is InChI=1S/C21H27N3O6/c1-13(25)18(20(28)29)22-17(26)9-3-2-6-10-23-19(27)16-11-14-7-4-5-8-15(14)12-24(16)21(23)30/h4-5,7-8,13,16,18,25H,2-3,6,9-12H2,1H3,(H,22,26)(H,28,29)/t13-,16-,18+/m0/s1. The van der Waals surface area contributed by atoms with Crippen molar-refractivity contribution in [1.82, 2.24) is 15.1 Å². The van der Waals surface area contributed by atoms with Gasteiger partial charge in [-0.1, -0.05) is 30.7 Å². The van der Waals surface area contributed by atoms with Gasteiger partial charge in [0.15, 0.2) is 6.04 Å². The fraction of sp³-hybridized carbons (Fsp3) is 0.524. The number of carbonyl (C=O) groups is 4. The Morgan fingerprint density at radius 3 is 2.53 bits per heavy atom. The minimum Gasteiger partial charge on any atom is -0.480 e. The van der Waals surface area contributed by atoms with Crippen LogP contribution in [0.3, 0.4) is 0 Å². The van der Waals surface area contributed by atoms with Crippen LogP contribution >= 0.6 is 0 Å². The molecule has 4 amide bonds. The summed E-state index contributed by atoms with van der Waals surface area (Å²) in [5.74, 6) is -1.91. The van der Waals surface area contributed by atoms with Crippen LogP contribution in [0.1, 0.15) is 43.7 Å². The number of hydrogen-bond acceptors (Lipinski definition) is 5. The van der Waals surface area contributed by atoms with Crippen LogP contribution in [0.2, 0.25) is 0 Å². The average Bonchev–Trinajstić information content (AvgIpc) is 2.93. The highest BCUT2D eigenvalue weighted by molar-refractivity contribution is 6.04. The minimum absolute atomic E-state index is 0.114. The van der Waals surface area contributed by atoms with Crippen molar-refractivity contribution in [3.05, 3.63) is 35.4 Å². The topological polar surface area (TPSA) is 127 Å². The molecule has 0 unspecified atom stereocenters. The van der Waals surface area contributed by atoms with Gasteiger partial charge < -0.3 is 20.4 Å². The first kappa shape index (κ1) is 21.8. The molecule has 3 atom stereocenters. The summed E-state index contributed by atoms with van der Waals surface area (Å²) >= 11 is 0. The SMILES string of the molecule is C[C@H](O)[C@@H](NC(=O)CCCCCN1C(=O)[C@@H]2Cc3ccccc3CN2C1=O)C(=O)O. The maximum Gasteiger partial charge on any atom is 0.328 e. The normalized spacial score (nSPS) is 19.9. The lowest BCUT2D eigenvalue weighted by Crippen LogP contribution is -2.47. The quantitative estimate of drug-likeness (QED) is 0.404. The largest absolute Gasteiger partial charge is 0.480 e. The highest BCUT2D eigenvalue weighted by Gasteiger charge is 2.46. The van der Waals surface area contributed by atoms with Gasteiger partial charge in [0.05, 0.1) is 6.10 Å². The van der Waals surface area contributed by atoms with Crippen molar-refractivity contribution in [2.24, 2.45) is 0 Å². The smallest absolute Gasteiger partial charge is 0.328 e. The van der Waals surface area contributed by atoms with Gasteiger partial charge in [0.25, 0.3) is 5.91 Å². The van der Waals surface area contributed by atoms with E-state index >= 15 is 0 Å². The monoisotopic (exact) mass is 417 g/mol. The molecule has 2 heterocycles. The van der Waals surface area contributed by atoms with Gasteiger partial charge in [-0.2, -0.15) is 0 Å². The van der Waals surface area contributed by atoms with E-state index in [4.69, 9.17) is 5.11 Å². The summed E-state index contributed by atoms with van der Waals surface area (Å²) < 4.78 is 0. The van der Waals surface area contributed by atoms with Crippen molar-refractivity contribution in [1.29, 1.82) is 0 Å². The Hall–Kier alpha value is -2.94.